The predicted molar refractivity (Wildman–Crippen MR) is 66.2 cm³/mol. The Hall–Kier alpha value is -0.610. The maximum atomic E-state index is 11.7. The SMILES string of the molecule is CN(C)CCNC(=O)CC1(N)CCCCC1. The summed E-state index contributed by atoms with van der Waals surface area (Å²) in [6.07, 6.45) is 6.08. The molecule has 0 aliphatic heterocycles. The minimum Gasteiger partial charge on any atom is -0.355 e. The zero-order valence-corrected chi connectivity index (χ0v) is 10.6. The summed E-state index contributed by atoms with van der Waals surface area (Å²) in [5, 5.41) is 2.93. The van der Waals surface area contributed by atoms with Gasteiger partial charge in [0, 0.05) is 25.0 Å². The monoisotopic (exact) mass is 227 g/mol. The lowest BCUT2D eigenvalue weighted by molar-refractivity contribution is -0.122. The molecule has 0 spiro atoms. The van der Waals surface area contributed by atoms with E-state index in [1.807, 2.05) is 14.1 Å². The van der Waals surface area contributed by atoms with E-state index in [4.69, 9.17) is 5.73 Å². The summed E-state index contributed by atoms with van der Waals surface area (Å²) in [4.78, 5) is 13.7. The second-order valence-electron chi connectivity index (χ2n) is 5.25. The standard InChI is InChI=1S/C12H25N3O/c1-15(2)9-8-14-11(16)10-12(13)6-4-3-5-7-12/h3-10,13H2,1-2H3,(H,14,16). The van der Waals surface area contributed by atoms with E-state index in [0.717, 1.165) is 19.4 Å². The van der Waals surface area contributed by atoms with Gasteiger partial charge in [-0.25, -0.2) is 0 Å². The number of nitrogens with zero attached hydrogens (tertiary/aromatic N) is 1. The smallest absolute Gasteiger partial charge is 0.221 e. The Bertz CT molecular complexity index is 222. The topological polar surface area (TPSA) is 58.4 Å². The Morgan fingerprint density at radius 3 is 2.50 bits per heavy atom. The third-order valence-electron chi connectivity index (χ3n) is 3.24. The number of nitrogens with two attached hydrogens (primary N) is 1. The highest BCUT2D eigenvalue weighted by Crippen LogP contribution is 2.28. The van der Waals surface area contributed by atoms with Gasteiger partial charge in [0.05, 0.1) is 0 Å². The van der Waals surface area contributed by atoms with Gasteiger partial charge < -0.3 is 16.0 Å². The molecule has 1 fully saturated rings. The van der Waals surface area contributed by atoms with Crippen LogP contribution in [0, 0.1) is 0 Å². The van der Waals surface area contributed by atoms with Crippen molar-refractivity contribution in [1.29, 1.82) is 0 Å². The number of amides is 1. The van der Waals surface area contributed by atoms with Crippen LogP contribution in [0.15, 0.2) is 0 Å². The highest BCUT2D eigenvalue weighted by atomic mass is 16.1. The second-order valence-corrected chi connectivity index (χ2v) is 5.25. The van der Waals surface area contributed by atoms with Crippen molar-refractivity contribution < 1.29 is 4.79 Å². The predicted octanol–water partition coefficient (Wildman–Crippen LogP) is 0.716. The van der Waals surface area contributed by atoms with E-state index in [0.29, 0.717) is 13.0 Å². The van der Waals surface area contributed by atoms with Gasteiger partial charge in [0.1, 0.15) is 0 Å². The first-order valence-electron chi connectivity index (χ1n) is 6.22. The minimum atomic E-state index is -0.236. The molecule has 0 radical (unpaired) electrons. The largest absolute Gasteiger partial charge is 0.355 e. The highest BCUT2D eigenvalue weighted by molar-refractivity contribution is 5.77. The molecular formula is C12H25N3O. The van der Waals surface area contributed by atoms with E-state index < -0.39 is 0 Å². The maximum Gasteiger partial charge on any atom is 0.221 e. The molecule has 0 bridgehead atoms. The Labute approximate surface area is 98.6 Å². The summed E-state index contributed by atoms with van der Waals surface area (Å²) in [7, 11) is 4.00. The molecule has 1 aliphatic carbocycles. The molecule has 0 aromatic heterocycles. The number of nitrogens with one attached hydrogen (secondary N) is 1. The van der Waals surface area contributed by atoms with E-state index in [-0.39, 0.29) is 11.4 Å². The van der Waals surface area contributed by atoms with Crippen LogP contribution in [0.3, 0.4) is 0 Å². The number of hydrogen-bond donors (Lipinski definition) is 2. The highest BCUT2D eigenvalue weighted by Gasteiger charge is 2.29. The van der Waals surface area contributed by atoms with Gasteiger partial charge in [-0.05, 0) is 26.9 Å². The molecule has 1 aliphatic rings. The van der Waals surface area contributed by atoms with Crippen LogP contribution < -0.4 is 11.1 Å². The molecule has 4 nitrogen and oxygen atoms in total. The molecule has 3 N–H and O–H groups in total. The average Bonchev–Trinajstić information content (AvgIpc) is 2.17. The Morgan fingerprint density at radius 2 is 1.94 bits per heavy atom. The van der Waals surface area contributed by atoms with Crippen molar-refractivity contribution >= 4 is 5.91 Å². The van der Waals surface area contributed by atoms with Crippen LogP contribution in [0.4, 0.5) is 0 Å². The lowest BCUT2D eigenvalue weighted by atomic mass is 9.80. The fraction of sp³-hybridized carbons (Fsp3) is 0.917. The molecule has 1 amide bonds. The van der Waals surface area contributed by atoms with Crippen LogP contribution in [0.1, 0.15) is 38.5 Å². The third kappa shape index (κ3) is 4.94. The second kappa shape index (κ2) is 6.21. The Balaban J connectivity index is 2.22. The Morgan fingerprint density at radius 1 is 1.31 bits per heavy atom. The van der Waals surface area contributed by atoms with Crippen LogP contribution in [0.2, 0.25) is 0 Å². The summed E-state index contributed by atoms with van der Waals surface area (Å²) >= 11 is 0. The summed E-state index contributed by atoms with van der Waals surface area (Å²) in [5.74, 6) is 0.103. The molecule has 0 unspecified atom stereocenters. The van der Waals surface area contributed by atoms with Crippen molar-refractivity contribution in [3.63, 3.8) is 0 Å². The fourth-order valence-electron chi connectivity index (χ4n) is 2.23. The van der Waals surface area contributed by atoms with Crippen molar-refractivity contribution in [3.8, 4) is 0 Å². The molecule has 0 aromatic carbocycles. The summed E-state index contributed by atoms with van der Waals surface area (Å²) in [5.41, 5.74) is 5.98. The molecule has 94 valence electrons. The molecule has 0 aromatic rings. The quantitative estimate of drug-likeness (QED) is 0.727. The average molecular weight is 227 g/mol. The summed E-state index contributed by atoms with van der Waals surface area (Å²) in [6, 6.07) is 0. The van der Waals surface area contributed by atoms with Crippen LogP contribution in [0.5, 0.6) is 0 Å². The van der Waals surface area contributed by atoms with E-state index in [1.54, 1.807) is 0 Å². The van der Waals surface area contributed by atoms with Crippen molar-refractivity contribution in [2.75, 3.05) is 27.2 Å². The lowest BCUT2D eigenvalue weighted by Crippen LogP contribution is -2.46. The number of rotatable bonds is 5. The van der Waals surface area contributed by atoms with Gasteiger partial charge in [-0.3, -0.25) is 4.79 Å². The van der Waals surface area contributed by atoms with Crippen molar-refractivity contribution in [1.82, 2.24) is 10.2 Å². The van der Waals surface area contributed by atoms with Gasteiger partial charge in [0.2, 0.25) is 5.91 Å². The van der Waals surface area contributed by atoms with E-state index >= 15 is 0 Å². The van der Waals surface area contributed by atoms with Crippen molar-refractivity contribution in [2.24, 2.45) is 5.73 Å². The number of likely N-dealkylation sites (N-methyl/N-ethyl adjacent to an activating group) is 1. The molecule has 1 rings (SSSR count). The first-order chi connectivity index (χ1) is 7.52. The van der Waals surface area contributed by atoms with Gasteiger partial charge in [0.15, 0.2) is 0 Å². The van der Waals surface area contributed by atoms with Crippen LogP contribution >= 0.6 is 0 Å². The summed E-state index contributed by atoms with van der Waals surface area (Å²) < 4.78 is 0. The van der Waals surface area contributed by atoms with Crippen molar-refractivity contribution in [2.45, 2.75) is 44.1 Å². The normalized spacial score (nSPS) is 19.8. The third-order valence-corrected chi connectivity index (χ3v) is 3.24. The number of carbonyl (C=O) groups excluding carboxylic acids is 1. The molecule has 4 heteroatoms. The lowest BCUT2D eigenvalue weighted by Gasteiger charge is -2.32. The van der Waals surface area contributed by atoms with E-state index in [1.165, 1.54) is 19.3 Å². The van der Waals surface area contributed by atoms with Gasteiger partial charge in [-0.2, -0.15) is 0 Å². The van der Waals surface area contributed by atoms with Gasteiger partial charge in [-0.15, -0.1) is 0 Å². The maximum absolute atomic E-state index is 11.7. The first-order valence-corrected chi connectivity index (χ1v) is 6.22. The zero-order valence-electron chi connectivity index (χ0n) is 10.6. The van der Waals surface area contributed by atoms with Crippen LogP contribution in [-0.4, -0.2) is 43.5 Å². The minimum absolute atomic E-state index is 0.103. The van der Waals surface area contributed by atoms with Gasteiger partial charge in [-0.1, -0.05) is 19.3 Å². The number of carbonyl (C=O) groups is 1. The van der Waals surface area contributed by atoms with E-state index in [9.17, 15) is 4.79 Å². The molecular weight excluding hydrogens is 202 g/mol. The molecule has 16 heavy (non-hydrogen) atoms. The molecule has 0 atom stereocenters. The Kier molecular flexibility index (Phi) is 5.22. The van der Waals surface area contributed by atoms with Crippen molar-refractivity contribution in [3.05, 3.63) is 0 Å². The fourth-order valence-corrected chi connectivity index (χ4v) is 2.23. The first kappa shape index (κ1) is 13.5. The van der Waals surface area contributed by atoms with Crippen LogP contribution in [0.25, 0.3) is 0 Å². The van der Waals surface area contributed by atoms with Gasteiger partial charge >= 0.3 is 0 Å². The molecule has 0 saturated heterocycles. The molecule has 1 saturated carbocycles. The molecule has 0 heterocycles. The zero-order chi connectivity index (χ0) is 12.0. The van der Waals surface area contributed by atoms with E-state index in [2.05, 4.69) is 10.2 Å². The summed E-state index contributed by atoms with van der Waals surface area (Å²) in [6.45, 7) is 1.59. The van der Waals surface area contributed by atoms with Crippen LogP contribution in [-0.2, 0) is 4.79 Å². The number of hydrogen-bond acceptors (Lipinski definition) is 3. The van der Waals surface area contributed by atoms with Gasteiger partial charge in [0.25, 0.3) is 0 Å².